The van der Waals surface area contributed by atoms with Gasteiger partial charge in [-0.3, -0.25) is 0 Å². The lowest BCUT2D eigenvalue weighted by Crippen LogP contribution is -2.12. The molecule has 5 N–H and O–H groups in total. The van der Waals surface area contributed by atoms with Crippen LogP contribution in [0.15, 0.2) is 119 Å². The maximum absolute atomic E-state index is 11.6. The molecule has 1 aromatic heterocycles. The Morgan fingerprint density at radius 2 is 1.15 bits per heavy atom. The predicted molar refractivity (Wildman–Crippen MR) is 159 cm³/mol. The summed E-state index contributed by atoms with van der Waals surface area (Å²) in [5.41, 5.74) is 6.76. The van der Waals surface area contributed by atoms with Crippen LogP contribution in [-0.2, 0) is 10.0 Å². The highest BCUT2D eigenvalue weighted by molar-refractivity contribution is 7.89. The van der Waals surface area contributed by atoms with Gasteiger partial charge in [-0.15, -0.1) is 0 Å². The SMILES string of the molecule is COc1ccc(Nc2nc(NN=C(c3ccccc3)c3ccccc3)nc(Nc3ccc(S(N)(=O)=O)cc3)n2)cc1. The minimum absolute atomic E-state index is 0.00777. The number of benzene rings is 4. The molecule has 5 rings (SSSR count). The minimum atomic E-state index is -3.82. The van der Waals surface area contributed by atoms with Crippen molar-refractivity contribution in [3.63, 3.8) is 0 Å². The predicted octanol–water partition coefficient (Wildman–Crippen LogP) is 4.88. The third-order valence-electron chi connectivity index (χ3n) is 5.78. The second-order valence-electron chi connectivity index (χ2n) is 8.66. The molecule has 0 saturated heterocycles. The number of rotatable bonds is 10. The molecule has 0 aliphatic carbocycles. The van der Waals surface area contributed by atoms with E-state index in [1.165, 1.54) is 12.1 Å². The number of aromatic nitrogens is 3. The highest BCUT2D eigenvalue weighted by atomic mass is 32.2. The van der Waals surface area contributed by atoms with Crippen molar-refractivity contribution in [1.82, 2.24) is 15.0 Å². The number of sulfonamides is 1. The number of methoxy groups -OCH3 is 1. The van der Waals surface area contributed by atoms with Crippen LogP contribution in [0.4, 0.5) is 29.2 Å². The molecule has 0 amide bonds. The number of nitrogens with one attached hydrogen (secondary N) is 3. The van der Waals surface area contributed by atoms with Crippen molar-refractivity contribution in [2.75, 3.05) is 23.2 Å². The monoisotopic (exact) mass is 566 g/mol. The van der Waals surface area contributed by atoms with Crippen LogP contribution in [0, 0.1) is 0 Å². The molecule has 0 bridgehead atoms. The van der Waals surface area contributed by atoms with Gasteiger partial charge >= 0.3 is 0 Å². The zero-order valence-electron chi connectivity index (χ0n) is 21.9. The first kappa shape index (κ1) is 27.2. The van der Waals surface area contributed by atoms with E-state index in [0.717, 1.165) is 16.8 Å². The van der Waals surface area contributed by atoms with Crippen LogP contribution in [0.5, 0.6) is 5.75 Å². The average Bonchev–Trinajstić information content (AvgIpc) is 2.98. The van der Waals surface area contributed by atoms with Gasteiger partial charge in [0.05, 0.1) is 17.7 Å². The Kier molecular flexibility index (Phi) is 8.13. The second kappa shape index (κ2) is 12.2. The molecule has 5 aromatic rings. The van der Waals surface area contributed by atoms with E-state index >= 15 is 0 Å². The first-order valence-corrected chi connectivity index (χ1v) is 13.9. The van der Waals surface area contributed by atoms with E-state index in [9.17, 15) is 8.42 Å². The first-order chi connectivity index (χ1) is 19.9. The third-order valence-corrected chi connectivity index (χ3v) is 6.71. The zero-order valence-corrected chi connectivity index (χ0v) is 22.7. The molecule has 0 aliphatic rings. The average molecular weight is 567 g/mol. The Bertz CT molecular complexity index is 1710. The maximum atomic E-state index is 11.6. The molecule has 1 heterocycles. The lowest BCUT2D eigenvalue weighted by Gasteiger charge is -2.12. The van der Waals surface area contributed by atoms with Gasteiger partial charge in [-0.25, -0.2) is 19.0 Å². The van der Waals surface area contributed by atoms with Gasteiger partial charge in [-0.1, -0.05) is 60.7 Å². The van der Waals surface area contributed by atoms with Crippen LogP contribution in [0.2, 0.25) is 0 Å². The van der Waals surface area contributed by atoms with Gasteiger partial charge in [-0.2, -0.15) is 20.1 Å². The van der Waals surface area contributed by atoms with Gasteiger partial charge < -0.3 is 15.4 Å². The number of nitrogens with zero attached hydrogens (tertiary/aromatic N) is 4. The number of hydrogen-bond donors (Lipinski definition) is 4. The van der Waals surface area contributed by atoms with E-state index in [1.807, 2.05) is 84.9 Å². The molecular weight excluding hydrogens is 540 g/mol. The number of primary sulfonamides is 1. The van der Waals surface area contributed by atoms with Crippen LogP contribution in [0.1, 0.15) is 11.1 Å². The molecule has 0 unspecified atom stereocenters. The fourth-order valence-corrected chi connectivity index (χ4v) is 4.31. The van der Waals surface area contributed by atoms with Crippen molar-refractivity contribution in [1.29, 1.82) is 0 Å². The molecular formula is C29H26N8O3S. The maximum Gasteiger partial charge on any atom is 0.250 e. The largest absolute Gasteiger partial charge is 0.497 e. The molecule has 12 heteroatoms. The minimum Gasteiger partial charge on any atom is -0.497 e. The molecule has 0 aliphatic heterocycles. The molecule has 0 fully saturated rings. The zero-order chi connectivity index (χ0) is 28.7. The van der Waals surface area contributed by atoms with E-state index in [0.29, 0.717) is 17.1 Å². The Labute approximate surface area is 237 Å². The summed E-state index contributed by atoms with van der Waals surface area (Å²) in [6.07, 6.45) is 0. The van der Waals surface area contributed by atoms with Gasteiger partial charge in [0, 0.05) is 22.5 Å². The van der Waals surface area contributed by atoms with Gasteiger partial charge in [0.1, 0.15) is 5.75 Å². The molecule has 11 nitrogen and oxygen atoms in total. The van der Waals surface area contributed by atoms with Gasteiger partial charge in [0.15, 0.2) is 0 Å². The summed E-state index contributed by atoms with van der Waals surface area (Å²) in [7, 11) is -2.22. The molecule has 206 valence electrons. The van der Waals surface area contributed by atoms with E-state index < -0.39 is 10.0 Å². The Morgan fingerprint density at radius 1 is 0.683 bits per heavy atom. The summed E-state index contributed by atoms with van der Waals surface area (Å²) >= 11 is 0. The van der Waals surface area contributed by atoms with Gasteiger partial charge in [0.25, 0.3) is 0 Å². The fourth-order valence-electron chi connectivity index (χ4n) is 3.79. The van der Waals surface area contributed by atoms with Gasteiger partial charge in [0.2, 0.25) is 27.9 Å². The first-order valence-electron chi connectivity index (χ1n) is 12.4. The number of hydrogen-bond acceptors (Lipinski definition) is 10. The van der Waals surface area contributed by atoms with Gasteiger partial charge in [-0.05, 0) is 48.5 Å². The molecule has 0 radical (unpaired) electrons. The van der Waals surface area contributed by atoms with Crippen LogP contribution in [-0.4, -0.2) is 36.2 Å². The molecule has 0 spiro atoms. The second-order valence-corrected chi connectivity index (χ2v) is 10.2. The molecule has 4 aromatic carbocycles. The van der Waals surface area contributed by atoms with Crippen LogP contribution in [0.3, 0.4) is 0 Å². The van der Waals surface area contributed by atoms with Crippen LogP contribution >= 0.6 is 0 Å². The standard InChI is InChI=1S/C29H26N8O3S/c1-40-24-16-12-22(13-17-24)31-27-33-28(32-23-14-18-25(19-15-23)41(30,38)39)35-29(34-27)37-36-26(20-8-4-2-5-9-20)21-10-6-3-7-11-21/h2-19H,1H3,(H2,30,38,39)(H3,31,32,33,34,35,37). The summed E-state index contributed by atoms with van der Waals surface area (Å²) in [6, 6.07) is 32.7. The van der Waals surface area contributed by atoms with Crippen molar-refractivity contribution >= 4 is 45.0 Å². The number of ether oxygens (including phenoxy) is 1. The topological polar surface area (TPSA) is 157 Å². The Hall–Kier alpha value is -5.33. The lowest BCUT2D eigenvalue weighted by molar-refractivity contribution is 0.415. The molecule has 0 atom stereocenters. The van der Waals surface area contributed by atoms with Crippen LogP contribution in [0.25, 0.3) is 0 Å². The number of anilines is 5. The van der Waals surface area contributed by atoms with Crippen molar-refractivity contribution in [3.05, 3.63) is 120 Å². The summed E-state index contributed by atoms with van der Waals surface area (Å²) in [5, 5.41) is 16.1. The summed E-state index contributed by atoms with van der Waals surface area (Å²) < 4.78 is 28.5. The highest BCUT2D eigenvalue weighted by Gasteiger charge is 2.12. The lowest BCUT2D eigenvalue weighted by atomic mass is 10.0. The summed E-state index contributed by atoms with van der Waals surface area (Å²) in [5.74, 6) is 1.32. The quantitative estimate of drug-likeness (QED) is 0.137. The normalized spacial score (nSPS) is 10.9. The highest BCUT2D eigenvalue weighted by Crippen LogP contribution is 2.22. The summed E-state index contributed by atoms with van der Waals surface area (Å²) in [4.78, 5) is 13.4. The van der Waals surface area contributed by atoms with Crippen molar-refractivity contribution in [2.24, 2.45) is 10.2 Å². The van der Waals surface area contributed by atoms with Crippen molar-refractivity contribution in [3.8, 4) is 5.75 Å². The smallest absolute Gasteiger partial charge is 0.250 e. The van der Waals surface area contributed by atoms with Crippen molar-refractivity contribution in [2.45, 2.75) is 4.90 Å². The Morgan fingerprint density at radius 3 is 1.61 bits per heavy atom. The van der Waals surface area contributed by atoms with E-state index in [1.54, 1.807) is 19.2 Å². The van der Waals surface area contributed by atoms with E-state index in [-0.39, 0.29) is 22.7 Å². The molecule has 41 heavy (non-hydrogen) atoms. The van der Waals surface area contributed by atoms with E-state index in [2.05, 4.69) is 36.1 Å². The summed E-state index contributed by atoms with van der Waals surface area (Å²) in [6.45, 7) is 0. The Balaban J connectivity index is 1.49. The fraction of sp³-hybridized carbons (Fsp3) is 0.0345. The molecule has 0 saturated carbocycles. The van der Waals surface area contributed by atoms with E-state index in [4.69, 9.17) is 9.88 Å². The third kappa shape index (κ3) is 7.20. The van der Waals surface area contributed by atoms with Crippen molar-refractivity contribution < 1.29 is 13.2 Å². The number of hydrazone groups is 1. The number of nitrogens with two attached hydrogens (primary N) is 1. The van der Waals surface area contributed by atoms with Crippen LogP contribution < -0.4 is 25.9 Å².